The van der Waals surface area contributed by atoms with Gasteiger partial charge in [0, 0.05) is 11.4 Å². The third-order valence-corrected chi connectivity index (χ3v) is 3.01. The molecule has 0 amide bonds. The summed E-state index contributed by atoms with van der Waals surface area (Å²) in [5, 5.41) is 18.6. The summed E-state index contributed by atoms with van der Waals surface area (Å²) >= 11 is 0. The molecule has 1 aromatic heterocycles. The van der Waals surface area contributed by atoms with Crippen molar-refractivity contribution in [2.75, 3.05) is 0 Å². The predicted molar refractivity (Wildman–Crippen MR) is 73.3 cm³/mol. The van der Waals surface area contributed by atoms with E-state index >= 15 is 0 Å². The number of hydrogen-bond acceptors (Lipinski definition) is 4. The molecule has 0 aliphatic carbocycles. The molecule has 0 atom stereocenters. The van der Waals surface area contributed by atoms with Crippen molar-refractivity contribution in [1.29, 1.82) is 0 Å². The fraction of sp³-hybridized carbons (Fsp3) is 0.231. The van der Waals surface area contributed by atoms with Crippen LogP contribution in [0.3, 0.4) is 0 Å². The van der Waals surface area contributed by atoms with Crippen molar-refractivity contribution >= 4 is 12.6 Å². The van der Waals surface area contributed by atoms with E-state index in [0.29, 0.717) is 16.7 Å². The Kier molecular flexibility index (Phi) is 3.83. The van der Waals surface area contributed by atoms with Gasteiger partial charge in [0.05, 0.1) is 6.54 Å². The summed E-state index contributed by atoms with van der Waals surface area (Å²) in [4.78, 5) is 15.8. The Labute approximate surface area is 111 Å². The average molecular weight is 258 g/mol. The molecule has 2 aromatic rings. The number of benzene rings is 1. The molecule has 0 saturated carbocycles. The molecule has 0 bridgehead atoms. The van der Waals surface area contributed by atoms with Gasteiger partial charge in [0.2, 0.25) is 0 Å². The molecule has 2 rings (SSSR count). The lowest BCUT2D eigenvalue weighted by atomic mass is 9.77. The third kappa shape index (κ3) is 2.92. The quantitative estimate of drug-likeness (QED) is 0.734. The highest BCUT2D eigenvalue weighted by Crippen LogP contribution is 2.03. The van der Waals surface area contributed by atoms with E-state index in [-0.39, 0.29) is 12.2 Å². The van der Waals surface area contributed by atoms with Crippen LogP contribution in [0.2, 0.25) is 0 Å². The molecular weight excluding hydrogens is 243 g/mol. The maximum absolute atomic E-state index is 11.9. The summed E-state index contributed by atoms with van der Waals surface area (Å²) in [6.07, 6.45) is 0. The van der Waals surface area contributed by atoms with Crippen molar-refractivity contribution in [2.24, 2.45) is 0 Å². The van der Waals surface area contributed by atoms with E-state index in [1.807, 2.05) is 13.0 Å². The Balaban J connectivity index is 2.45. The average Bonchev–Trinajstić information content (AvgIpc) is 2.34. The number of hydrogen-bond donors (Lipinski definition) is 2. The maximum Gasteiger partial charge on any atom is 0.488 e. The van der Waals surface area contributed by atoms with E-state index in [1.54, 1.807) is 31.2 Å². The van der Waals surface area contributed by atoms with Crippen molar-refractivity contribution in [3.8, 4) is 0 Å². The molecule has 6 heteroatoms. The summed E-state index contributed by atoms with van der Waals surface area (Å²) in [6.45, 7) is 3.87. The van der Waals surface area contributed by atoms with Crippen LogP contribution < -0.4 is 11.2 Å². The van der Waals surface area contributed by atoms with Crippen molar-refractivity contribution in [2.45, 2.75) is 20.4 Å². The van der Waals surface area contributed by atoms with Gasteiger partial charge < -0.3 is 10.0 Å². The number of aryl methyl sites for hydroxylation is 2. The summed E-state index contributed by atoms with van der Waals surface area (Å²) < 4.78 is 1.51. The zero-order valence-electron chi connectivity index (χ0n) is 10.9. The highest BCUT2D eigenvalue weighted by molar-refractivity contribution is 6.59. The first-order valence-corrected chi connectivity index (χ1v) is 5.98. The van der Waals surface area contributed by atoms with E-state index in [1.165, 1.54) is 4.57 Å². The van der Waals surface area contributed by atoms with Crippen LogP contribution in [0.1, 0.15) is 17.0 Å². The summed E-state index contributed by atoms with van der Waals surface area (Å²) in [6, 6.07) is 8.73. The zero-order valence-corrected chi connectivity index (χ0v) is 10.9. The molecule has 5 nitrogen and oxygen atoms in total. The van der Waals surface area contributed by atoms with Gasteiger partial charge in [-0.1, -0.05) is 24.3 Å². The van der Waals surface area contributed by atoms with Gasteiger partial charge >= 0.3 is 12.8 Å². The standard InChI is InChI=1S/C13H15BN2O3/c1-9-7-10(2)16(13(17)15-9)8-11-5-3-4-6-12(11)14(18)19/h3-7,18-19H,8H2,1-2H3. The second-order valence-electron chi connectivity index (χ2n) is 4.48. The first-order valence-electron chi connectivity index (χ1n) is 5.98. The smallest absolute Gasteiger partial charge is 0.423 e. The van der Waals surface area contributed by atoms with Crippen LogP contribution >= 0.6 is 0 Å². The van der Waals surface area contributed by atoms with Gasteiger partial charge in [-0.25, -0.2) is 4.79 Å². The Morgan fingerprint density at radius 1 is 1.26 bits per heavy atom. The Bertz CT molecular complexity index is 653. The Morgan fingerprint density at radius 3 is 2.58 bits per heavy atom. The zero-order chi connectivity index (χ0) is 14.0. The van der Waals surface area contributed by atoms with E-state index in [0.717, 1.165) is 5.69 Å². The molecule has 1 aromatic carbocycles. The van der Waals surface area contributed by atoms with Crippen molar-refractivity contribution < 1.29 is 10.0 Å². The summed E-state index contributed by atoms with van der Waals surface area (Å²) in [7, 11) is -1.55. The molecule has 0 aliphatic rings. The molecule has 1 heterocycles. The van der Waals surface area contributed by atoms with Crippen molar-refractivity contribution in [1.82, 2.24) is 9.55 Å². The molecule has 0 aliphatic heterocycles. The van der Waals surface area contributed by atoms with E-state index in [9.17, 15) is 14.8 Å². The van der Waals surface area contributed by atoms with Crippen molar-refractivity contribution in [3.63, 3.8) is 0 Å². The fourth-order valence-electron chi connectivity index (χ4n) is 2.07. The minimum Gasteiger partial charge on any atom is -0.423 e. The van der Waals surface area contributed by atoms with Gasteiger partial charge in [0.1, 0.15) is 0 Å². The lowest BCUT2D eigenvalue weighted by Gasteiger charge is -2.13. The van der Waals surface area contributed by atoms with E-state index < -0.39 is 7.12 Å². The van der Waals surface area contributed by atoms with Gasteiger partial charge in [-0.3, -0.25) is 4.57 Å². The molecule has 2 N–H and O–H groups in total. The molecular formula is C13H15BN2O3. The first-order chi connectivity index (χ1) is 8.99. The molecule has 0 unspecified atom stereocenters. The fourth-order valence-corrected chi connectivity index (χ4v) is 2.07. The van der Waals surface area contributed by atoms with Crippen LogP contribution in [0.15, 0.2) is 35.1 Å². The van der Waals surface area contributed by atoms with Crippen LogP contribution in [-0.4, -0.2) is 26.7 Å². The molecule has 0 fully saturated rings. The minimum absolute atomic E-state index is 0.270. The highest BCUT2D eigenvalue weighted by atomic mass is 16.4. The van der Waals surface area contributed by atoms with E-state index in [4.69, 9.17) is 0 Å². The van der Waals surface area contributed by atoms with Gasteiger partial charge in [-0.05, 0) is 30.9 Å². The van der Waals surface area contributed by atoms with Crippen LogP contribution in [0.5, 0.6) is 0 Å². The molecule has 98 valence electrons. The van der Waals surface area contributed by atoms with Gasteiger partial charge in [-0.2, -0.15) is 4.98 Å². The van der Waals surface area contributed by atoms with Crippen molar-refractivity contribution in [3.05, 3.63) is 57.8 Å². The summed E-state index contributed by atoms with van der Waals surface area (Å²) in [5.74, 6) is 0. The Hall–Kier alpha value is -1.92. The molecule has 0 radical (unpaired) electrons. The number of aromatic nitrogens is 2. The second kappa shape index (κ2) is 5.38. The number of rotatable bonds is 3. The lowest BCUT2D eigenvalue weighted by Crippen LogP contribution is -2.35. The third-order valence-electron chi connectivity index (χ3n) is 3.01. The monoisotopic (exact) mass is 258 g/mol. The molecule has 19 heavy (non-hydrogen) atoms. The van der Waals surface area contributed by atoms with Crippen LogP contribution in [0.25, 0.3) is 0 Å². The first kappa shape index (κ1) is 13.5. The molecule has 0 spiro atoms. The topological polar surface area (TPSA) is 75.3 Å². The minimum atomic E-state index is -1.55. The largest absolute Gasteiger partial charge is 0.488 e. The summed E-state index contributed by atoms with van der Waals surface area (Å²) in [5.41, 5.74) is 2.22. The predicted octanol–water partition coefficient (Wildman–Crippen LogP) is -0.412. The molecule has 0 saturated heterocycles. The maximum atomic E-state index is 11.9. The van der Waals surface area contributed by atoms with Gasteiger partial charge in [0.25, 0.3) is 0 Å². The Morgan fingerprint density at radius 2 is 1.95 bits per heavy atom. The van der Waals surface area contributed by atoms with Gasteiger partial charge in [0.15, 0.2) is 0 Å². The van der Waals surface area contributed by atoms with Crippen LogP contribution in [-0.2, 0) is 6.54 Å². The normalized spacial score (nSPS) is 10.5. The lowest BCUT2D eigenvalue weighted by molar-refractivity contribution is 0.425. The number of nitrogens with zero attached hydrogens (tertiary/aromatic N) is 2. The van der Waals surface area contributed by atoms with Crippen LogP contribution in [0, 0.1) is 13.8 Å². The highest BCUT2D eigenvalue weighted by Gasteiger charge is 2.16. The second-order valence-corrected chi connectivity index (χ2v) is 4.48. The van der Waals surface area contributed by atoms with Crippen LogP contribution in [0.4, 0.5) is 0 Å². The van der Waals surface area contributed by atoms with Gasteiger partial charge in [-0.15, -0.1) is 0 Å². The SMILES string of the molecule is Cc1cc(C)n(Cc2ccccc2B(O)O)c(=O)n1. The van der Waals surface area contributed by atoms with E-state index in [2.05, 4.69) is 4.98 Å².